The fourth-order valence-electron chi connectivity index (χ4n) is 2.24. The summed E-state index contributed by atoms with van der Waals surface area (Å²) in [6.07, 6.45) is 0.451. The molecular weight excluding hydrogens is 429 g/mol. The van der Waals surface area contributed by atoms with Crippen LogP contribution in [0, 0.1) is 11.2 Å². The Kier molecular flexibility index (Phi) is 6.18. The molecule has 0 heterocycles. The Labute approximate surface area is 149 Å². The Morgan fingerprint density at radius 3 is 2.52 bits per heavy atom. The molecule has 0 saturated carbocycles. The molecule has 1 unspecified atom stereocenters. The van der Waals surface area contributed by atoms with E-state index >= 15 is 0 Å². The molecule has 0 aliphatic carbocycles. The third kappa shape index (κ3) is 3.93. The maximum Gasteiger partial charge on any atom is 0.173 e. The molecule has 0 aromatic heterocycles. The van der Waals surface area contributed by atoms with Gasteiger partial charge in [0.1, 0.15) is 5.75 Å². The fraction of sp³-hybridized carbons (Fsp3) is 0.188. The highest BCUT2D eigenvalue weighted by atomic mass is 127. The lowest BCUT2D eigenvalue weighted by Gasteiger charge is -2.14. The molecule has 0 saturated heterocycles. The van der Waals surface area contributed by atoms with Gasteiger partial charge in [0.2, 0.25) is 0 Å². The molecule has 122 valence electrons. The number of rotatable bonds is 6. The molecule has 7 heteroatoms. The van der Waals surface area contributed by atoms with Gasteiger partial charge in [-0.25, -0.2) is 4.39 Å². The maximum atomic E-state index is 14.6. The fourth-order valence-corrected chi connectivity index (χ4v) is 3.42. The average Bonchev–Trinajstić information content (AvgIpc) is 2.55. The van der Waals surface area contributed by atoms with Gasteiger partial charge in [0.25, 0.3) is 0 Å². The van der Waals surface area contributed by atoms with Gasteiger partial charge >= 0.3 is 0 Å². The van der Waals surface area contributed by atoms with Crippen molar-refractivity contribution in [2.24, 2.45) is 0 Å². The smallest absolute Gasteiger partial charge is 0.173 e. The summed E-state index contributed by atoms with van der Waals surface area (Å²) in [6, 6.07) is 8.62. The minimum atomic E-state index is -0.435. The van der Waals surface area contributed by atoms with Crippen LogP contribution in [0.25, 0.3) is 11.1 Å². The minimum Gasteiger partial charge on any atom is -0.497 e. The van der Waals surface area contributed by atoms with Crippen LogP contribution in [-0.4, -0.2) is 19.9 Å². The van der Waals surface area contributed by atoms with Crippen LogP contribution in [0.3, 0.4) is 0 Å². The number of hydrogen-bond donors (Lipinski definition) is 2. The molecule has 2 aromatic carbocycles. The van der Waals surface area contributed by atoms with Crippen LogP contribution in [0.15, 0.2) is 30.3 Å². The van der Waals surface area contributed by atoms with E-state index in [2.05, 4.69) is 27.1 Å². The third-order valence-corrected chi connectivity index (χ3v) is 4.56. The van der Waals surface area contributed by atoms with Crippen molar-refractivity contribution in [2.45, 2.75) is 6.92 Å². The zero-order valence-corrected chi connectivity index (χ0v) is 16.1. The molecule has 1 atom stereocenters. The number of methoxy groups -OCH3 is 2. The van der Waals surface area contributed by atoms with Crippen molar-refractivity contribution >= 4 is 39.8 Å². The number of benzene rings is 2. The Morgan fingerprint density at radius 2 is 1.96 bits per heavy atom. The molecule has 23 heavy (non-hydrogen) atoms. The molecule has 0 fully saturated rings. The van der Waals surface area contributed by atoms with Gasteiger partial charge in [-0.3, -0.25) is 0 Å². The van der Waals surface area contributed by atoms with Gasteiger partial charge < -0.3 is 20.0 Å². The molecule has 0 aliphatic heterocycles. The Bertz CT molecular complexity index is 740. The highest BCUT2D eigenvalue weighted by Gasteiger charge is 2.15. The molecule has 2 N–H and O–H groups in total. The Balaban J connectivity index is 2.62. The molecule has 4 nitrogen and oxygen atoms in total. The first-order valence-electron chi connectivity index (χ1n) is 6.75. The van der Waals surface area contributed by atoms with Gasteiger partial charge in [-0.05, 0) is 46.7 Å². The second-order valence-corrected chi connectivity index (χ2v) is 6.85. The van der Waals surface area contributed by atoms with Crippen LogP contribution in [0.5, 0.6) is 11.5 Å². The number of ether oxygens (including phenoxy) is 2. The van der Waals surface area contributed by atoms with E-state index in [-0.39, 0.29) is 5.75 Å². The number of anilines is 1. The van der Waals surface area contributed by atoms with E-state index in [1.807, 2.05) is 12.1 Å². The molecule has 0 bridgehead atoms. The minimum absolute atomic E-state index is 0.136. The van der Waals surface area contributed by atoms with Crippen LogP contribution in [0.4, 0.5) is 10.1 Å². The quantitative estimate of drug-likeness (QED) is 0.362. The summed E-state index contributed by atoms with van der Waals surface area (Å²) < 4.78 is 24.9. The summed E-state index contributed by atoms with van der Waals surface area (Å²) >= 11 is 2.22. The van der Waals surface area contributed by atoms with Gasteiger partial charge in [-0.1, -0.05) is 12.1 Å². The van der Waals surface area contributed by atoms with Crippen molar-refractivity contribution in [3.63, 3.8) is 0 Å². The summed E-state index contributed by atoms with van der Waals surface area (Å²) in [4.78, 5) is 0. The van der Waals surface area contributed by atoms with Gasteiger partial charge in [0, 0.05) is 35.0 Å². The first kappa shape index (κ1) is 17.9. The van der Waals surface area contributed by atoms with Crippen LogP contribution < -0.4 is 14.6 Å². The summed E-state index contributed by atoms with van der Waals surface area (Å²) in [7, 11) is 2.95. The van der Waals surface area contributed by atoms with Gasteiger partial charge in [0.15, 0.2) is 11.6 Å². The lowest BCUT2D eigenvalue weighted by atomic mass is 9.99. The van der Waals surface area contributed by atoms with Crippen LogP contribution >= 0.6 is 28.4 Å². The largest absolute Gasteiger partial charge is 0.497 e. The van der Waals surface area contributed by atoms with Crippen LogP contribution in [0.1, 0.15) is 12.5 Å². The van der Waals surface area contributed by atoms with E-state index in [1.54, 1.807) is 19.1 Å². The van der Waals surface area contributed by atoms with Gasteiger partial charge in [-0.2, -0.15) is 0 Å². The highest BCUT2D eigenvalue weighted by Crippen LogP contribution is 2.37. The molecule has 2 rings (SSSR count). The Hall–Kier alpha value is -1.40. The zero-order chi connectivity index (χ0) is 17.0. The number of hydrogen-bond acceptors (Lipinski definition) is 4. The van der Waals surface area contributed by atoms with Gasteiger partial charge in [0.05, 0.1) is 14.2 Å². The lowest BCUT2D eigenvalue weighted by Crippen LogP contribution is -1.99. The van der Waals surface area contributed by atoms with E-state index in [4.69, 9.17) is 14.9 Å². The van der Waals surface area contributed by atoms with E-state index in [1.165, 1.54) is 20.3 Å². The third-order valence-electron chi connectivity index (χ3n) is 3.38. The lowest BCUT2D eigenvalue weighted by molar-refractivity contribution is 0.375. The van der Waals surface area contributed by atoms with E-state index in [0.717, 1.165) is 11.3 Å². The Morgan fingerprint density at radius 1 is 1.22 bits per heavy atom. The second-order valence-electron chi connectivity index (χ2n) is 4.80. The summed E-state index contributed by atoms with van der Waals surface area (Å²) in [6.45, 7) is 1.73. The topological polar surface area (TPSA) is 54.3 Å². The van der Waals surface area contributed by atoms with E-state index in [0.29, 0.717) is 29.0 Å². The SMILES string of the molecule is COc1cc(OC)c(F)c(-c2ccc(C(C)=N)c(NPI)c2)c1. The van der Waals surface area contributed by atoms with Crippen molar-refractivity contribution in [3.05, 3.63) is 41.7 Å². The van der Waals surface area contributed by atoms with Crippen molar-refractivity contribution in [2.75, 3.05) is 19.3 Å². The zero-order valence-electron chi connectivity index (χ0n) is 13.0. The normalized spacial score (nSPS) is 10.8. The summed E-state index contributed by atoms with van der Waals surface area (Å²) in [5.41, 5.74) is 3.16. The van der Waals surface area contributed by atoms with Crippen LogP contribution in [-0.2, 0) is 0 Å². The highest BCUT2D eigenvalue weighted by molar-refractivity contribution is 14.2. The molecule has 0 aliphatic rings. The predicted octanol–water partition coefficient (Wildman–Crippen LogP) is 5.25. The van der Waals surface area contributed by atoms with E-state index < -0.39 is 5.82 Å². The molecular formula is C16H17FIN2O2P. The van der Waals surface area contributed by atoms with Gasteiger partial charge in [-0.15, -0.1) is 0 Å². The number of halogens is 2. The summed E-state index contributed by atoms with van der Waals surface area (Å²) in [5, 5.41) is 11.1. The maximum absolute atomic E-state index is 14.6. The van der Waals surface area contributed by atoms with Crippen molar-refractivity contribution in [3.8, 4) is 22.6 Å². The average molecular weight is 446 g/mol. The molecule has 0 amide bonds. The number of nitrogens with one attached hydrogen (secondary N) is 2. The van der Waals surface area contributed by atoms with Crippen molar-refractivity contribution in [1.82, 2.24) is 0 Å². The van der Waals surface area contributed by atoms with Crippen molar-refractivity contribution < 1.29 is 13.9 Å². The summed E-state index contributed by atoms with van der Waals surface area (Å²) in [5.74, 6) is 0.225. The molecule has 0 radical (unpaired) electrons. The van der Waals surface area contributed by atoms with E-state index in [9.17, 15) is 4.39 Å². The monoisotopic (exact) mass is 446 g/mol. The van der Waals surface area contributed by atoms with Crippen LogP contribution in [0.2, 0.25) is 0 Å². The standard InChI is InChI=1S/C16H17FIN2O2P/c1-9(19)12-5-4-10(6-14(12)20-23-18)13-7-11(21-2)8-15(22-3)16(13)17/h4-8,19-20,23H,1-3H3. The molecule has 2 aromatic rings. The second kappa shape index (κ2) is 7.93. The van der Waals surface area contributed by atoms with Crippen molar-refractivity contribution in [1.29, 1.82) is 5.41 Å². The first-order valence-corrected chi connectivity index (χ1v) is 10.9. The predicted molar refractivity (Wildman–Crippen MR) is 103 cm³/mol. The molecule has 0 spiro atoms. The first-order chi connectivity index (χ1) is 11.0.